The summed E-state index contributed by atoms with van der Waals surface area (Å²) in [6.07, 6.45) is 2.46. The molecule has 1 amide bonds. The van der Waals surface area contributed by atoms with Gasteiger partial charge in [-0.3, -0.25) is 9.69 Å². The minimum absolute atomic E-state index is 0.0780. The second kappa shape index (κ2) is 6.82. The van der Waals surface area contributed by atoms with E-state index < -0.39 is 0 Å². The Morgan fingerprint density at radius 2 is 1.92 bits per heavy atom. The average Bonchev–Trinajstić information content (AvgIpc) is 3.06. The van der Waals surface area contributed by atoms with Crippen LogP contribution in [0.2, 0.25) is 0 Å². The van der Waals surface area contributed by atoms with Crippen LogP contribution < -0.4 is 0 Å². The molecule has 1 aromatic rings. The van der Waals surface area contributed by atoms with Crippen molar-refractivity contribution in [1.82, 2.24) is 9.80 Å². The van der Waals surface area contributed by atoms with Gasteiger partial charge in [-0.25, -0.2) is 0 Å². The zero-order valence-corrected chi connectivity index (χ0v) is 14.2. The van der Waals surface area contributed by atoms with Crippen LogP contribution in [0, 0.1) is 0 Å². The van der Waals surface area contributed by atoms with E-state index in [2.05, 4.69) is 17.0 Å². The predicted molar refractivity (Wildman–Crippen MR) is 90.8 cm³/mol. The first-order chi connectivity index (χ1) is 11.7. The van der Waals surface area contributed by atoms with Gasteiger partial charge in [0.1, 0.15) is 5.60 Å². The maximum Gasteiger partial charge on any atom is 0.223 e. The van der Waals surface area contributed by atoms with Gasteiger partial charge in [0.05, 0.1) is 32.9 Å². The lowest BCUT2D eigenvalue weighted by Gasteiger charge is -2.47. The van der Waals surface area contributed by atoms with Crippen molar-refractivity contribution in [2.45, 2.75) is 30.9 Å². The lowest BCUT2D eigenvalue weighted by atomic mass is 9.88. The van der Waals surface area contributed by atoms with E-state index in [4.69, 9.17) is 9.47 Å². The van der Waals surface area contributed by atoms with Crippen LogP contribution in [-0.2, 0) is 20.7 Å². The Bertz CT molecular complexity index is 565. The summed E-state index contributed by atoms with van der Waals surface area (Å²) in [7, 11) is 0. The number of amides is 1. The zero-order chi connectivity index (χ0) is 16.4. The fourth-order valence-corrected chi connectivity index (χ4v) is 4.10. The molecule has 0 N–H and O–H groups in total. The SMILES string of the molecule is O=C(CCc1ccccc1)N1CC2(CC(N3CCOCC3)CO2)C1. The van der Waals surface area contributed by atoms with Gasteiger partial charge >= 0.3 is 0 Å². The van der Waals surface area contributed by atoms with Crippen molar-refractivity contribution >= 4 is 5.91 Å². The Kier molecular flexibility index (Phi) is 4.57. The molecule has 0 radical (unpaired) electrons. The van der Waals surface area contributed by atoms with Crippen molar-refractivity contribution in [3.05, 3.63) is 35.9 Å². The summed E-state index contributed by atoms with van der Waals surface area (Å²) >= 11 is 0. The van der Waals surface area contributed by atoms with Crippen molar-refractivity contribution in [3.63, 3.8) is 0 Å². The summed E-state index contributed by atoms with van der Waals surface area (Å²) < 4.78 is 11.5. The molecule has 1 spiro atoms. The molecule has 4 rings (SSSR count). The van der Waals surface area contributed by atoms with E-state index in [9.17, 15) is 4.79 Å². The number of hydrogen-bond acceptors (Lipinski definition) is 4. The van der Waals surface area contributed by atoms with Gasteiger partial charge in [-0.05, 0) is 18.4 Å². The summed E-state index contributed by atoms with van der Waals surface area (Å²) in [5.74, 6) is 0.253. The second-order valence-corrected chi connectivity index (χ2v) is 7.24. The molecule has 3 saturated heterocycles. The Hall–Kier alpha value is -1.43. The Balaban J connectivity index is 1.23. The number of aryl methyl sites for hydroxylation is 1. The molecule has 3 heterocycles. The van der Waals surface area contributed by atoms with Crippen molar-refractivity contribution in [3.8, 4) is 0 Å². The highest BCUT2D eigenvalue weighted by Gasteiger charge is 2.52. The van der Waals surface area contributed by atoms with Gasteiger partial charge in [-0.2, -0.15) is 0 Å². The maximum absolute atomic E-state index is 12.4. The van der Waals surface area contributed by atoms with Gasteiger partial charge in [-0.1, -0.05) is 30.3 Å². The Morgan fingerprint density at radius 1 is 1.17 bits per heavy atom. The standard InChI is InChI=1S/C19H26N2O3/c22-18(7-6-16-4-2-1-3-5-16)21-14-19(15-21)12-17(13-24-19)20-8-10-23-11-9-20/h1-5,17H,6-15H2. The quantitative estimate of drug-likeness (QED) is 0.835. The van der Waals surface area contributed by atoms with Gasteiger partial charge in [0.15, 0.2) is 0 Å². The van der Waals surface area contributed by atoms with Gasteiger partial charge in [0.25, 0.3) is 0 Å². The Labute approximate surface area is 143 Å². The van der Waals surface area contributed by atoms with Crippen LogP contribution in [0.4, 0.5) is 0 Å². The predicted octanol–water partition coefficient (Wildman–Crippen LogP) is 1.32. The minimum atomic E-state index is -0.0780. The van der Waals surface area contributed by atoms with Gasteiger partial charge < -0.3 is 14.4 Å². The molecule has 5 heteroatoms. The third-order valence-electron chi connectivity index (χ3n) is 5.53. The maximum atomic E-state index is 12.4. The summed E-state index contributed by atoms with van der Waals surface area (Å²) in [6.45, 7) is 5.99. The van der Waals surface area contributed by atoms with Gasteiger partial charge in [-0.15, -0.1) is 0 Å². The largest absolute Gasteiger partial charge is 0.379 e. The molecule has 0 bridgehead atoms. The average molecular weight is 330 g/mol. The van der Waals surface area contributed by atoms with E-state index in [1.54, 1.807) is 0 Å². The van der Waals surface area contributed by atoms with E-state index in [1.807, 2.05) is 23.1 Å². The smallest absolute Gasteiger partial charge is 0.223 e. The van der Waals surface area contributed by atoms with Crippen LogP contribution in [0.1, 0.15) is 18.4 Å². The molecule has 1 aromatic carbocycles. The first-order valence-corrected chi connectivity index (χ1v) is 9.02. The molecular formula is C19H26N2O3. The minimum Gasteiger partial charge on any atom is -0.379 e. The highest BCUT2D eigenvalue weighted by molar-refractivity contribution is 5.77. The van der Waals surface area contributed by atoms with E-state index >= 15 is 0 Å². The second-order valence-electron chi connectivity index (χ2n) is 7.24. The van der Waals surface area contributed by atoms with Crippen LogP contribution in [0.15, 0.2) is 30.3 Å². The molecule has 0 saturated carbocycles. The number of morpholine rings is 1. The van der Waals surface area contributed by atoms with Crippen LogP contribution in [0.25, 0.3) is 0 Å². The number of likely N-dealkylation sites (tertiary alicyclic amines) is 1. The summed E-state index contributed by atoms with van der Waals surface area (Å²) in [4.78, 5) is 16.8. The molecular weight excluding hydrogens is 304 g/mol. The molecule has 24 heavy (non-hydrogen) atoms. The van der Waals surface area contributed by atoms with Crippen molar-refractivity contribution < 1.29 is 14.3 Å². The number of carbonyl (C=O) groups excluding carboxylic acids is 1. The molecule has 0 aliphatic carbocycles. The normalized spacial score (nSPS) is 26.5. The van der Waals surface area contributed by atoms with E-state index in [0.717, 1.165) is 58.8 Å². The summed E-state index contributed by atoms with van der Waals surface area (Å²) in [5, 5.41) is 0. The molecule has 0 aromatic heterocycles. The monoisotopic (exact) mass is 330 g/mol. The number of hydrogen-bond donors (Lipinski definition) is 0. The lowest BCUT2D eigenvalue weighted by Crippen LogP contribution is -2.63. The molecule has 1 atom stereocenters. The molecule has 1 unspecified atom stereocenters. The lowest BCUT2D eigenvalue weighted by molar-refractivity contribution is -0.157. The van der Waals surface area contributed by atoms with E-state index in [1.165, 1.54) is 5.56 Å². The third kappa shape index (κ3) is 3.34. The summed E-state index contributed by atoms with van der Waals surface area (Å²) in [5.41, 5.74) is 1.15. The molecule has 3 fully saturated rings. The topological polar surface area (TPSA) is 42.0 Å². The van der Waals surface area contributed by atoms with Crippen molar-refractivity contribution in [2.24, 2.45) is 0 Å². The molecule has 5 nitrogen and oxygen atoms in total. The number of carbonyl (C=O) groups is 1. The molecule has 3 aliphatic rings. The number of nitrogens with zero attached hydrogens (tertiary/aromatic N) is 2. The van der Waals surface area contributed by atoms with E-state index in [-0.39, 0.29) is 11.5 Å². The fraction of sp³-hybridized carbons (Fsp3) is 0.632. The van der Waals surface area contributed by atoms with E-state index in [0.29, 0.717) is 12.5 Å². The zero-order valence-electron chi connectivity index (χ0n) is 14.2. The van der Waals surface area contributed by atoms with Crippen LogP contribution in [-0.4, -0.2) is 73.3 Å². The first kappa shape index (κ1) is 16.1. The number of rotatable bonds is 4. The third-order valence-corrected chi connectivity index (χ3v) is 5.53. The highest BCUT2D eigenvalue weighted by Crippen LogP contribution is 2.37. The molecule has 130 valence electrons. The first-order valence-electron chi connectivity index (χ1n) is 9.02. The van der Waals surface area contributed by atoms with Crippen molar-refractivity contribution in [1.29, 1.82) is 0 Å². The fourth-order valence-electron chi connectivity index (χ4n) is 4.10. The van der Waals surface area contributed by atoms with Gasteiger partial charge in [0, 0.05) is 25.6 Å². The van der Waals surface area contributed by atoms with Gasteiger partial charge in [0.2, 0.25) is 5.91 Å². The van der Waals surface area contributed by atoms with Crippen molar-refractivity contribution in [2.75, 3.05) is 46.0 Å². The number of ether oxygens (including phenoxy) is 2. The highest BCUT2D eigenvalue weighted by atomic mass is 16.5. The molecule has 3 aliphatic heterocycles. The van der Waals surface area contributed by atoms with Crippen LogP contribution >= 0.6 is 0 Å². The summed E-state index contributed by atoms with van der Waals surface area (Å²) in [6, 6.07) is 10.7. The van der Waals surface area contributed by atoms with Crippen LogP contribution in [0.5, 0.6) is 0 Å². The number of benzene rings is 1. The van der Waals surface area contributed by atoms with Crippen LogP contribution in [0.3, 0.4) is 0 Å². The Morgan fingerprint density at radius 3 is 2.67 bits per heavy atom.